The Morgan fingerprint density at radius 2 is 1.81 bits per heavy atom. The van der Waals surface area contributed by atoms with Crippen LogP contribution in [0.3, 0.4) is 0 Å². The molecule has 1 aromatic heterocycles. The van der Waals surface area contributed by atoms with E-state index in [-0.39, 0.29) is 0 Å². The van der Waals surface area contributed by atoms with Crippen LogP contribution in [0.4, 0.5) is 5.69 Å². The van der Waals surface area contributed by atoms with Crippen molar-refractivity contribution in [3.8, 4) is 11.4 Å². The van der Waals surface area contributed by atoms with Crippen molar-refractivity contribution in [2.24, 2.45) is 0 Å². The summed E-state index contributed by atoms with van der Waals surface area (Å²) in [5.41, 5.74) is 3.36. The van der Waals surface area contributed by atoms with Gasteiger partial charge in [-0.1, -0.05) is 42.5 Å². The lowest BCUT2D eigenvalue weighted by atomic mass is 10.2. The fourth-order valence-corrected chi connectivity index (χ4v) is 2.21. The molecule has 3 aromatic rings. The molecule has 0 amide bonds. The SMILES string of the molecule is CN(C)c1cccc(Cn2nnnc2-c2ccccc2)c1. The van der Waals surface area contributed by atoms with Gasteiger partial charge in [0.05, 0.1) is 6.54 Å². The van der Waals surface area contributed by atoms with Crippen molar-refractivity contribution in [1.82, 2.24) is 20.2 Å². The van der Waals surface area contributed by atoms with Crippen LogP contribution in [0, 0.1) is 0 Å². The maximum Gasteiger partial charge on any atom is 0.182 e. The molecule has 1 heterocycles. The smallest absolute Gasteiger partial charge is 0.182 e. The predicted molar refractivity (Wildman–Crippen MR) is 83.1 cm³/mol. The highest BCUT2D eigenvalue weighted by Gasteiger charge is 2.09. The van der Waals surface area contributed by atoms with Crippen LogP contribution >= 0.6 is 0 Å². The second kappa shape index (κ2) is 5.75. The number of aromatic nitrogens is 4. The lowest BCUT2D eigenvalue weighted by molar-refractivity contribution is 0.653. The number of hydrogen-bond acceptors (Lipinski definition) is 4. The summed E-state index contributed by atoms with van der Waals surface area (Å²) in [5, 5.41) is 12.0. The normalized spacial score (nSPS) is 10.6. The van der Waals surface area contributed by atoms with Crippen molar-refractivity contribution < 1.29 is 0 Å². The van der Waals surface area contributed by atoms with Crippen molar-refractivity contribution in [2.45, 2.75) is 6.54 Å². The number of benzene rings is 2. The number of nitrogens with zero attached hydrogens (tertiary/aromatic N) is 5. The molecule has 0 saturated heterocycles. The van der Waals surface area contributed by atoms with Gasteiger partial charge in [-0.05, 0) is 28.1 Å². The van der Waals surface area contributed by atoms with E-state index in [0.717, 1.165) is 11.4 Å². The second-order valence-corrected chi connectivity index (χ2v) is 5.09. The summed E-state index contributed by atoms with van der Waals surface area (Å²) < 4.78 is 1.82. The van der Waals surface area contributed by atoms with Crippen molar-refractivity contribution in [1.29, 1.82) is 0 Å². The van der Waals surface area contributed by atoms with Crippen molar-refractivity contribution in [3.05, 3.63) is 60.2 Å². The Labute approximate surface area is 123 Å². The molecule has 3 rings (SSSR count). The van der Waals surface area contributed by atoms with Gasteiger partial charge in [-0.3, -0.25) is 0 Å². The van der Waals surface area contributed by atoms with Crippen molar-refractivity contribution in [2.75, 3.05) is 19.0 Å². The van der Waals surface area contributed by atoms with E-state index in [2.05, 4.69) is 44.7 Å². The molecule has 21 heavy (non-hydrogen) atoms. The Morgan fingerprint density at radius 3 is 2.57 bits per heavy atom. The van der Waals surface area contributed by atoms with Gasteiger partial charge in [0.15, 0.2) is 5.82 Å². The molecule has 0 atom stereocenters. The van der Waals surface area contributed by atoms with Gasteiger partial charge < -0.3 is 4.90 Å². The van der Waals surface area contributed by atoms with E-state index in [1.807, 2.05) is 49.1 Å². The fourth-order valence-electron chi connectivity index (χ4n) is 2.21. The van der Waals surface area contributed by atoms with Gasteiger partial charge in [-0.25, -0.2) is 4.68 Å². The molecule has 0 aliphatic heterocycles. The molecule has 2 aromatic carbocycles. The maximum absolute atomic E-state index is 4.13. The molecule has 106 valence electrons. The van der Waals surface area contributed by atoms with Gasteiger partial charge in [0.1, 0.15) is 0 Å². The molecule has 0 bridgehead atoms. The third-order valence-corrected chi connectivity index (χ3v) is 3.32. The third kappa shape index (κ3) is 2.91. The predicted octanol–water partition coefficient (Wildman–Crippen LogP) is 2.45. The second-order valence-electron chi connectivity index (χ2n) is 5.09. The average molecular weight is 279 g/mol. The van der Waals surface area contributed by atoms with E-state index in [9.17, 15) is 0 Å². The molecule has 0 unspecified atom stereocenters. The van der Waals surface area contributed by atoms with Crippen molar-refractivity contribution in [3.63, 3.8) is 0 Å². The highest BCUT2D eigenvalue weighted by Crippen LogP contribution is 2.18. The van der Waals surface area contributed by atoms with Crippen LogP contribution in [0.2, 0.25) is 0 Å². The average Bonchev–Trinajstić information content (AvgIpc) is 2.96. The molecule has 0 aliphatic rings. The maximum atomic E-state index is 4.13. The Morgan fingerprint density at radius 1 is 1.00 bits per heavy atom. The van der Waals surface area contributed by atoms with E-state index in [1.54, 1.807) is 0 Å². The highest BCUT2D eigenvalue weighted by molar-refractivity contribution is 5.54. The Balaban J connectivity index is 1.90. The van der Waals surface area contributed by atoms with Crippen LogP contribution in [0.5, 0.6) is 0 Å². The Kier molecular flexibility index (Phi) is 3.64. The summed E-state index contributed by atoms with van der Waals surface area (Å²) in [5.74, 6) is 0.783. The Bertz CT molecular complexity index is 718. The Hall–Kier alpha value is -2.69. The topological polar surface area (TPSA) is 46.8 Å². The van der Waals surface area contributed by atoms with Gasteiger partial charge in [0.2, 0.25) is 0 Å². The first-order valence-electron chi connectivity index (χ1n) is 6.82. The summed E-state index contributed by atoms with van der Waals surface area (Å²) in [7, 11) is 4.07. The highest BCUT2D eigenvalue weighted by atomic mass is 15.5. The van der Waals surface area contributed by atoms with Crippen LogP contribution in [0.1, 0.15) is 5.56 Å². The molecule has 5 heteroatoms. The van der Waals surface area contributed by atoms with E-state index < -0.39 is 0 Å². The molecule has 0 fully saturated rings. The van der Waals surface area contributed by atoms with Gasteiger partial charge in [-0.15, -0.1) is 5.10 Å². The number of rotatable bonds is 4. The molecule has 0 aliphatic carbocycles. The number of tetrazole rings is 1. The minimum atomic E-state index is 0.652. The molecule has 0 radical (unpaired) electrons. The third-order valence-electron chi connectivity index (χ3n) is 3.32. The first kappa shape index (κ1) is 13.3. The van der Waals surface area contributed by atoms with Gasteiger partial charge in [-0.2, -0.15) is 0 Å². The van der Waals surface area contributed by atoms with Crippen LogP contribution in [-0.2, 0) is 6.54 Å². The van der Waals surface area contributed by atoms with E-state index in [1.165, 1.54) is 11.3 Å². The lowest BCUT2D eigenvalue weighted by Gasteiger charge is -2.13. The summed E-state index contributed by atoms with van der Waals surface area (Å²) >= 11 is 0. The van der Waals surface area contributed by atoms with Crippen LogP contribution in [0.15, 0.2) is 54.6 Å². The largest absolute Gasteiger partial charge is 0.378 e. The van der Waals surface area contributed by atoms with E-state index in [0.29, 0.717) is 6.54 Å². The van der Waals surface area contributed by atoms with Crippen LogP contribution < -0.4 is 4.90 Å². The van der Waals surface area contributed by atoms with Gasteiger partial charge in [0.25, 0.3) is 0 Å². The van der Waals surface area contributed by atoms with Gasteiger partial charge >= 0.3 is 0 Å². The molecule has 0 N–H and O–H groups in total. The first-order chi connectivity index (χ1) is 10.2. The minimum Gasteiger partial charge on any atom is -0.378 e. The van der Waals surface area contributed by atoms with E-state index >= 15 is 0 Å². The zero-order valence-corrected chi connectivity index (χ0v) is 12.1. The molecule has 0 saturated carbocycles. The van der Waals surface area contributed by atoms with Gasteiger partial charge in [0, 0.05) is 25.3 Å². The zero-order chi connectivity index (χ0) is 14.7. The minimum absolute atomic E-state index is 0.652. The van der Waals surface area contributed by atoms with Crippen LogP contribution in [-0.4, -0.2) is 34.3 Å². The zero-order valence-electron chi connectivity index (χ0n) is 12.1. The summed E-state index contributed by atoms with van der Waals surface area (Å²) in [6.07, 6.45) is 0. The van der Waals surface area contributed by atoms with E-state index in [4.69, 9.17) is 0 Å². The molecule has 5 nitrogen and oxygen atoms in total. The standard InChI is InChI=1S/C16H17N5/c1-20(2)15-10-6-7-13(11-15)12-21-16(17-18-19-21)14-8-4-3-5-9-14/h3-11H,12H2,1-2H3. The first-order valence-corrected chi connectivity index (χ1v) is 6.82. The summed E-state index contributed by atoms with van der Waals surface area (Å²) in [6, 6.07) is 18.4. The molecular weight excluding hydrogens is 262 g/mol. The number of anilines is 1. The summed E-state index contributed by atoms with van der Waals surface area (Å²) in [6.45, 7) is 0.652. The summed E-state index contributed by atoms with van der Waals surface area (Å²) in [4.78, 5) is 2.08. The number of hydrogen-bond donors (Lipinski definition) is 0. The van der Waals surface area contributed by atoms with Crippen LogP contribution in [0.25, 0.3) is 11.4 Å². The molecule has 0 spiro atoms. The van der Waals surface area contributed by atoms with Crippen molar-refractivity contribution >= 4 is 5.69 Å². The quantitative estimate of drug-likeness (QED) is 0.736. The molecular formula is C16H17N5. The fraction of sp³-hybridized carbons (Fsp3) is 0.188. The monoisotopic (exact) mass is 279 g/mol. The lowest BCUT2D eigenvalue weighted by Crippen LogP contribution is -2.10.